The third-order valence-corrected chi connectivity index (χ3v) is 3.39. The van der Waals surface area contributed by atoms with Gasteiger partial charge in [-0.3, -0.25) is 4.79 Å². The molecule has 94 valence electrons. The maximum absolute atomic E-state index is 12.3. The molecule has 1 fully saturated rings. The van der Waals surface area contributed by atoms with E-state index < -0.39 is 0 Å². The lowest BCUT2D eigenvalue weighted by atomic mass is 9.95. The number of hydrogen-bond donors (Lipinski definition) is 1. The summed E-state index contributed by atoms with van der Waals surface area (Å²) in [4.78, 5) is 14.3. The molecule has 1 atom stereocenters. The molecule has 0 spiro atoms. The summed E-state index contributed by atoms with van der Waals surface area (Å²) < 4.78 is 0. The molecule has 0 radical (unpaired) electrons. The molecule has 1 rings (SSSR count). The fraction of sp³-hybridized carbons (Fsp3) is 0.923. The molecule has 1 aliphatic heterocycles. The number of carbonyl (C=O) groups is 1. The van der Waals surface area contributed by atoms with Crippen LogP contribution in [0.3, 0.4) is 0 Å². The summed E-state index contributed by atoms with van der Waals surface area (Å²) in [6.07, 6.45) is 6.37. The van der Waals surface area contributed by atoms with Gasteiger partial charge in [-0.1, -0.05) is 26.7 Å². The van der Waals surface area contributed by atoms with Crippen LogP contribution >= 0.6 is 0 Å². The molecule has 16 heavy (non-hydrogen) atoms. The van der Waals surface area contributed by atoms with Gasteiger partial charge in [0.25, 0.3) is 0 Å². The van der Waals surface area contributed by atoms with Crippen molar-refractivity contribution in [1.82, 2.24) is 4.90 Å². The maximum Gasteiger partial charge on any atom is 0.225 e. The molecule has 2 N–H and O–H groups in total. The third kappa shape index (κ3) is 3.78. The highest BCUT2D eigenvalue weighted by Gasteiger charge is 2.26. The summed E-state index contributed by atoms with van der Waals surface area (Å²) in [7, 11) is 0. The molecule has 1 aliphatic rings. The van der Waals surface area contributed by atoms with E-state index in [1.165, 1.54) is 0 Å². The highest BCUT2D eigenvalue weighted by Crippen LogP contribution is 2.19. The second-order valence-corrected chi connectivity index (χ2v) is 4.96. The first-order valence-corrected chi connectivity index (χ1v) is 6.73. The van der Waals surface area contributed by atoms with Crippen molar-refractivity contribution in [3.8, 4) is 0 Å². The highest BCUT2D eigenvalue weighted by molar-refractivity contribution is 5.79. The Kier molecular flexibility index (Phi) is 5.81. The molecule has 0 bridgehead atoms. The number of piperidine rings is 1. The van der Waals surface area contributed by atoms with Gasteiger partial charge in [0.15, 0.2) is 0 Å². The van der Waals surface area contributed by atoms with Crippen molar-refractivity contribution in [2.75, 3.05) is 13.1 Å². The fourth-order valence-electron chi connectivity index (χ4n) is 2.56. The molecule has 3 heteroatoms. The van der Waals surface area contributed by atoms with E-state index in [9.17, 15) is 4.79 Å². The van der Waals surface area contributed by atoms with Gasteiger partial charge < -0.3 is 10.6 Å². The van der Waals surface area contributed by atoms with Crippen LogP contribution in [0.25, 0.3) is 0 Å². The van der Waals surface area contributed by atoms with Crippen LogP contribution < -0.4 is 5.73 Å². The molecule has 1 unspecified atom stereocenters. The van der Waals surface area contributed by atoms with E-state index in [1.54, 1.807) is 0 Å². The zero-order chi connectivity index (χ0) is 12.0. The van der Waals surface area contributed by atoms with Gasteiger partial charge in [0.1, 0.15) is 0 Å². The number of nitrogens with two attached hydrogens (primary N) is 1. The predicted molar refractivity (Wildman–Crippen MR) is 67.1 cm³/mol. The number of nitrogens with zero attached hydrogens (tertiary/aromatic N) is 1. The first kappa shape index (κ1) is 13.5. The highest BCUT2D eigenvalue weighted by atomic mass is 16.2. The zero-order valence-corrected chi connectivity index (χ0v) is 10.7. The van der Waals surface area contributed by atoms with E-state index in [1.807, 2.05) is 4.90 Å². The molecular weight excluding hydrogens is 200 g/mol. The average molecular weight is 226 g/mol. The minimum Gasteiger partial charge on any atom is -0.341 e. The predicted octanol–water partition coefficient (Wildman–Crippen LogP) is 2.15. The largest absolute Gasteiger partial charge is 0.341 e. The van der Waals surface area contributed by atoms with Gasteiger partial charge in [-0.05, 0) is 25.7 Å². The maximum atomic E-state index is 12.3. The fourth-order valence-corrected chi connectivity index (χ4v) is 2.56. The minimum absolute atomic E-state index is 0.196. The molecule has 3 nitrogen and oxygen atoms in total. The van der Waals surface area contributed by atoms with Gasteiger partial charge in [-0.2, -0.15) is 0 Å². The number of rotatable bonds is 5. The molecule has 0 aromatic carbocycles. The van der Waals surface area contributed by atoms with Crippen molar-refractivity contribution in [3.05, 3.63) is 0 Å². The second kappa shape index (κ2) is 6.89. The molecule has 0 aliphatic carbocycles. The van der Waals surface area contributed by atoms with Crippen LogP contribution in [0, 0.1) is 5.92 Å². The Morgan fingerprint density at radius 3 is 2.50 bits per heavy atom. The topological polar surface area (TPSA) is 46.3 Å². The normalized spacial score (nSPS) is 21.5. The van der Waals surface area contributed by atoms with Gasteiger partial charge in [0.2, 0.25) is 5.91 Å². The smallest absolute Gasteiger partial charge is 0.225 e. The zero-order valence-electron chi connectivity index (χ0n) is 10.7. The lowest BCUT2D eigenvalue weighted by molar-refractivity contribution is -0.137. The Balaban J connectivity index is 2.51. The Hall–Kier alpha value is -0.570. The van der Waals surface area contributed by atoms with E-state index in [4.69, 9.17) is 5.73 Å². The van der Waals surface area contributed by atoms with Crippen molar-refractivity contribution in [2.24, 2.45) is 11.7 Å². The monoisotopic (exact) mass is 226 g/mol. The van der Waals surface area contributed by atoms with Crippen molar-refractivity contribution in [2.45, 2.75) is 58.4 Å². The minimum atomic E-state index is 0.196. The first-order valence-electron chi connectivity index (χ1n) is 6.73. The van der Waals surface area contributed by atoms with Crippen molar-refractivity contribution in [3.63, 3.8) is 0 Å². The van der Waals surface area contributed by atoms with E-state index in [2.05, 4.69) is 13.8 Å². The lowest BCUT2D eigenvalue weighted by Crippen LogP contribution is -2.47. The van der Waals surface area contributed by atoms with E-state index in [0.717, 1.165) is 51.6 Å². The second-order valence-electron chi connectivity index (χ2n) is 4.96. The molecule has 0 aromatic rings. The molecule has 1 amide bonds. The van der Waals surface area contributed by atoms with Crippen molar-refractivity contribution >= 4 is 5.91 Å². The molecule has 0 aromatic heterocycles. The Morgan fingerprint density at radius 2 is 2.00 bits per heavy atom. The van der Waals surface area contributed by atoms with Crippen LogP contribution in [0.1, 0.15) is 52.4 Å². The Bertz CT molecular complexity index is 205. The number of likely N-dealkylation sites (tertiary alicyclic amines) is 1. The summed E-state index contributed by atoms with van der Waals surface area (Å²) in [5.41, 5.74) is 5.92. The average Bonchev–Trinajstić information content (AvgIpc) is 2.28. The summed E-state index contributed by atoms with van der Waals surface area (Å²) in [6.45, 7) is 5.98. The van der Waals surface area contributed by atoms with Crippen molar-refractivity contribution in [1.29, 1.82) is 0 Å². The third-order valence-electron chi connectivity index (χ3n) is 3.39. The van der Waals surface area contributed by atoms with Crippen LogP contribution in [-0.4, -0.2) is 29.9 Å². The Labute approximate surface area is 99.4 Å². The number of hydrogen-bond acceptors (Lipinski definition) is 2. The number of amides is 1. The van der Waals surface area contributed by atoms with Crippen LogP contribution in [0.4, 0.5) is 0 Å². The summed E-state index contributed by atoms with van der Waals surface area (Å²) in [6, 6.07) is 0.196. The van der Waals surface area contributed by atoms with Gasteiger partial charge in [-0.25, -0.2) is 0 Å². The molecular formula is C13H26N2O. The van der Waals surface area contributed by atoms with Gasteiger partial charge >= 0.3 is 0 Å². The molecule has 0 saturated carbocycles. The summed E-state index contributed by atoms with van der Waals surface area (Å²) in [5, 5.41) is 0. The van der Waals surface area contributed by atoms with Gasteiger partial charge in [0, 0.05) is 25.0 Å². The standard InChI is InChI=1S/C13H26N2O/c1-3-6-11(7-4-2)13(16)15-9-5-8-12(14)10-15/h11-12H,3-10,14H2,1-2H3. The summed E-state index contributed by atoms with van der Waals surface area (Å²) >= 11 is 0. The van der Waals surface area contributed by atoms with Crippen LogP contribution in [-0.2, 0) is 4.79 Å². The van der Waals surface area contributed by atoms with Crippen LogP contribution in [0.5, 0.6) is 0 Å². The van der Waals surface area contributed by atoms with Gasteiger partial charge in [-0.15, -0.1) is 0 Å². The van der Waals surface area contributed by atoms with E-state index in [0.29, 0.717) is 5.91 Å². The lowest BCUT2D eigenvalue weighted by Gasteiger charge is -2.33. The van der Waals surface area contributed by atoms with Crippen LogP contribution in [0.15, 0.2) is 0 Å². The quantitative estimate of drug-likeness (QED) is 0.781. The van der Waals surface area contributed by atoms with Crippen LogP contribution in [0.2, 0.25) is 0 Å². The Morgan fingerprint density at radius 1 is 1.38 bits per heavy atom. The first-order chi connectivity index (χ1) is 7.69. The molecule has 1 saturated heterocycles. The summed E-state index contributed by atoms with van der Waals surface area (Å²) in [5.74, 6) is 0.583. The van der Waals surface area contributed by atoms with Crippen molar-refractivity contribution < 1.29 is 4.79 Å². The molecule has 1 heterocycles. The SMILES string of the molecule is CCCC(CCC)C(=O)N1CCCC(N)C1. The van der Waals surface area contributed by atoms with E-state index >= 15 is 0 Å². The van der Waals surface area contributed by atoms with Gasteiger partial charge in [0.05, 0.1) is 0 Å². The number of carbonyl (C=O) groups excluding carboxylic acids is 1. The van der Waals surface area contributed by atoms with E-state index in [-0.39, 0.29) is 12.0 Å².